The number of rotatable bonds is 9. The summed E-state index contributed by atoms with van der Waals surface area (Å²) >= 11 is 0. The Hall–Kier alpha value is -1.19. The number of carbonyl (C=O) groups excluding carboxylic acids is 2. The van der Waals surface area contributed by atoms with Crippen LogP contribution in [0.2, 0.25) is 0 Å². The quantitative estimate of drug-likeness (QED) is 0.485. The Balaban J connectivity index is 3.48. The average Bonchev–Trinajstić information content (AvgIpc) is 2.21. The molecular weight excluding hydrogens is 208 g/mol. The monoisotopic (exact) mass is 228 g/mol. The number of aliphatic carboxylic acids is 1. The summed E-state index contributed by atoms with van der Waals surface area (Å²) in [7, 11) is 0. The third kappa shape index (κ3) is 7.15. The molecule has 0 aromatic heterocycles. The van der Waals surface area contributed by atoms with E-state index in [1.54, 1.807) is 6.92 Å². The molecule has 1 atom stereocenters. The normalized spacial score (nSPS) is 12.1. The Morgan fingerprint density at radius 1 is 1.00 bits per heavy atom. The van der Waals surface area contributed by atoms with E-state index in [4.69, 9.17) is 5.11 Å². The van der Waals surface area contributed by atoms with E-state index in [1.165, 1.54) is 6.92 Å². The number of carboxylic acid groups (broad SMARTS) is 1. The molecule has 0 saturated carbocycles. The SMILES string of the molecule is CC(=O)C(C)C(=O)CCCCCCC(=O)O. The molecule has 0 spiro atoms. The van der Waals surface area contributed by atoms with Crippen molar-refractivity contribution in [3.05, 3.63) is 0 Å². The number of hydrogen-bond acceptors (Lipinski definition) is 3. The molecule has 4 nitrogen and oxygen atoms in total. The van der Waals surface area contributed by atoms with Crippen LogP contribution >= 0.6 is 0 Å². The molecule has 1 unspecified atom stereocenters. The summed E-state index contributed by atoms with van der Waals surface area (Å²) in [6.45, 7) is 3.06. The van der Waals surface area contributed by atoms with E-state index in [1.807, 2.05) is 0 Å². The Morgan fingerprint density at radius 2 is 1.50 bits per heavy atom. The van der Waals surface area contributed by atoms with Crippen molar-refractivity contribution >= 4 is 17.5 Å². The maximum atomic E-state index is 11.4. The van der Waals surface area contributed by atoms with Crippen molar-refractivity contribution in [3.63, 3.8) is 0 Å². The van der Waals surface area contributed by atoms with Crippen LogP contribution in [0.25, 0.3) is 0 Å². The molecule has 1 N–H and O–H groups in total. The smallest absolute Gasteiger partial charge is 0.303 e. The average molecular weight is 228 g/mol. The van der Waals surface area contributed by atoms with Gasteiger partial charge in [0.25, 0.3) is 0 Å². The minimum Gasteiger partial charge on any atom is -0.481 e. The fraction of sp³-hybridized carbons (Fsp3) is 0.750. The molecule has 0 aliphatic heterocycles. The van der Waals surface area contributed by atoms with Crippen molar-refractivity contribution in [2.45, 2.75) is 52.4 Å². The van der Waals surface area contributed by atoms with Gasteiger partial charge < -0.3 is 5.11 Å². The number of carboxylic acids is 1. The van der Waals surface area contributed by atoms with Gasteiger partial charge in [-0.3, -0.25) is 14.4 Å². The molecule has 0 aliphatic carbocycles. The van der Waals surface area contributed by atoms with Crippen molar-refractivity contribution < 1.29 is 19.5 Å². The molecule has 4 heteroatoms. The molecule has 0 aliphatic rings. The molecule has 0 aromatic carbocycles. The van der Waals surface area contributed by atoms with Gasteiger partial charge in [0, 0.05) is 12.8 Å². The first-order valence-corrected chi connectivity index (χ1v) is 5.70. The van der Waals surface area contributed by atoms with Crippen LogP contribution in [0.5, 0.6) is 0 Å². The van der Waals surface area contributed by atoms with Crippen LogP contribution in [0, 0.1) is 5.92 Å². The second-order valence-corrected chi connectivity index (χ2v) is 4.11. The zero-order chi connectivity index (χ0) is 12.6. The lowest BCUT2D eigenvalue weighted by Gasteiger charge is -2.05. The predicted octanol–water partition coefficient (Wildman–Crippen LogP) is 2.21. The van der Waals surface area contributed by atoms with Crippen molar-refractivity contribution in [1.29, 1.82) is 0 Å². The van der Waals surface area contributed by atoms with Crippen LogP contribution in [0.4, 0.5) is 0 Å². The molecule has 0 radical (unpaired) electrons. The van der Waals surface area contributed by atoms with Gasteiger partial charge in [0.05, 0.1) is 5.92 Å². The van der Waals surface area contributed by atoms with Gasteiger partial charge in [0.15, 0.2) is 0 Å². The summed E-state index contributed by atoms with van der Waals surface area (Å²) in [6.07, 6.45) is 3.70. The third-order valence-electron chi connectivity index (χ3n) is 2.66. The Morgan fingerprint density at radius 3 is 1.94 bits per heavy atom. The van der Waals surface area contributed by atoms with Gasteiger partial charge in [-0.1, -0.05) is 12.8 Å². The fourth-order valence-electron chi connectivity index (χ4n) is 1.37. The summed E-state index contributed by atoms with van der Waals surface area (Å²) < 4.78 is 0. The highest BCUT2D eigenvalue weighted by atomic mass is 16.4. The Labute approximate surface area is 96.0 Å². The zero-order valence-electron chi connectivity index (χ0n) is 9.99. The zero-order valence-corrected chi connectivity index (χ0v) is 9.99. The molecule has 0 saturated heterocycles. The standard InChI is InChI=1S/C12H20O4/c1-9(10(2)13)11(14)7-5-3-4-6-8-12(15)16/h9H,3-8H2,1-2H3,(H,15,16). The van der Waals surface area contributed by atoms with E-state index in [2.05, 4.69) is 0 Å². The number of carbonyl (C=O) groups is 3. The first kappa shape index (κ1) is 14.8. The number of unbranched alkanes of at least 4 members (excludes halogenated alkanes) is 3. The minimum absolute atomic E-state index is 0.00858. The fourth-order valence-corrected chi connectivity index (χ4v) is 1.37. The maximum Gasteiger partial charge on any atom is 0.303 e. The lowest BCUT2D eigenvalue weighted by molar-refractivity contribution is -0.137. The molecular formula is C12H20O4. The molecule has 0 fully saturated rings. The summed E-state index contributed by atoms with van der Waals surface area (Å²) in [5, 5.41) is 8.40. The molecule has 0 rings (SSSR count). The lowest BCUT2D eigenvalue weighted by atomic mass is 9.97. The first-order chi connectivity index (χ1) is 7.45. The second-order valence-electron chi connectivity index (χ2n) is 4.11. The minimum atomic E-state index is -0.777. The van der Waals surface area contributed by atoms with E-state index in [-0.39, 0.29) is 18.0 Å². The van der Waals surface area contributed by atoms with Gasteiger partial charge >= 0.3 is 5.97 Å². The van der Waals surface area contributed by atoms with Crippen molar-refractivity contribution in [2.24, 2.45) is 5.92 Å². The van der Waals surface area contributed by atoms with Crippen molar-refractivity contribution in [3.8, 4) is 0 Å². The number of ketones is 2. The van der Waals surface area contributed by atoms with Crippen molar-refractivity contribution in [1.82, 2.24) is 0 Å². The Bertz CT molecular complexity index is 258. The van der Waals surface area contributed by atoms with E-state index in [0.29, 0.717) is 12.8 Å². The summed E-state index contributed by atoms with van der Waals surface area (Å²) in [5.41, 5.74) is 0. The van der Waals surface area contributed by atoms with E-state index in [0.717, 1.165) is 19.3 Å². The lowest BCUT2D eigenvalue weighted by Crippen LogP contribution is -2.18. The van der Waals surface area contributed by atoms with E-state index in [9.17, 15) is 14.4 Å². The predicted molar refractivity (Wildman–Crippen MR) is 60.2 cm³/mol. The van der Waals surface area contributed by atoms with E-state index < -0.39 is 11.9 Å². The number of Topliss-reactive ketones (excluding diaryl/α,β-unsaturated/α-hetero) is 2. The topological polar surface area (TPSA) is 71.4 Å². The molecule has 0 aromatic rings. The first-order valence-electron chi connectivity index (χ1n) is 5.70. The van der Waals surface area contributed by atoms with Gasteiger partial charge in [-0.15, -0.1) is 0 Å². The van der Waals surface area contributed by atoms with Crippen LogP contribution in [0.3, 0.4) is 0 Å². The van der Waals surface area contributed by atoms with Crippen LogP contribution in [-0.2, 0) is 14.4 Å². The van der Waals surface area contributed by atoms with E-state index >= 15 is 0 Å². The van der Waals surface area contributed by atoms with Crippen LogP contribution < -0.4 is 0 Å². The van der Waals surface area contributed by atoms with Gasteiger partial charge in [0.1, 0.15) is 11.6 Å². The summed E-state index contributed by atoms with van der Waals surface area (Å²) in [6, 6.07) is 0. The maximum absolute atomic E-state index is 11.4. The molecule has 0 bridgehead atoms. The van der Waals surface area contributed by atoms with Crippen LogP contribution in [0.1, 0.15) is 52.4 Å². The van der Waals surface area contributed by atoms with Gasteiger partial charge in [-0.05, 0) is 26.7 Å². The summed E-state index contributed by atoms with van der Waals surface area (Å²) in [5.74, 6) is -1.36. The highest BCUT2D eigenvalue weighted by Gasteiger charge is 2.16. The molecule has 92 valence electrons. The Kier molecular flexibility index (Phi) is 7.42. The van der Waals surface area contributed by atoms with Gasteiger partial charge in [0.2, 0.25) is 0 Å². The largest absolute Gasteiger partial charge is 0.481 e. The van der Waals surface area contributed by atoms with Gasteiger partial charge in [-0.25, -0.2) is 0 Å². The molecule has 0 heterocycles. The van der Waals surface area contributed by atoms with Crippen LogP contribution in [0.15, 0.2) is 0 Å². The van der Waals surface area contributed by atoms with Crippen LogP contribution in [-0.4, -0.2) is 22.6 Å². The van der Waals surface area contributed by atoms with Gasteiger partial charge in [-0.2, -0.15) is 0 Å². The number of hydrogen-bond donors (Lipinski definition) is 1. The highest BCUT2D eigenvalue weighted by molar-refractivity contribution is 6.00. The second kappa shape index (κ2) is 8.02. The highest BCUT2D eigenvalue weighted by Crippen LogP contribution is 2.09. The third-order valence-corrected chi connectivity index (χ3v) is 2.66. The van der Waals surface area contributed by atoms with Crippen molar-refractivity contribution in [2.75, 3.05) is 0 Å². The summed E-state index contributed by atoms with van der Waals surface area (Å²) in [4.78, 5) is 32.5. The molecule has 16 heavy (non-hydrogen) atoms. The molecule has 0 amide bonds.